The largest absolute Gasteiger partial charge is 0.273 e. The third-order valence-electron chi connectivity index (χ3n) is 1.65. The molecule has 13 heavy (non-hydrogen) atoms. The van der Waals surface area contributed by atoms with Gasteiger partial charge in [0.25, 0.3) is 0 Å². The van der Waals surface area contributed by atoms with Crippen LogP contribution in [0.15, 0.2) is 12.4 Å². The maximum absolute atomic E-state index is 10.6. The number of halogens is 1. The van der Waals surface area contributed by atoms with E-state index < -0.39 is 9.05 Å². The van der Waals surface area contributed by atoms with Crippen molar-refractivity contribution in [3.05, 3.63) is 18.0 Å². The van der Waals surface area contributed by atoms with Gasteiger partial charge in [0.05, 0.1) is 11.9 Å². The summed E-state index contributed by atoms with van der Waals surface area (Å²) >= 11 is 0. The molecule has 0 fully saturated rings. The Balaban J connectivity index is 2.55. The van der Waals surface area contributed by atoms with Crippen molar-refractivity contribution in [3.63, 3.8) is 0 Å². The van der Waals surface area contributed by atoms with Gasteiger partial charge < -0.3 is 0 Å². The van der Waals surface area contributed by atoms with Gasteiger partial charge in [-0.05, 0) is 18.9 Å². The van der Waals surface area contributed by atoms with Crippen molar-refractivity contribution < 1.29 is 8.42 Å². The molecule has 0 unspecified atom stereocenters. The smallest absolute Gasteiger partial charge is 0.232 e. The van der Waals surface area contributed by atoms with E-state index in [0.717, 1.165) is 12.1 Å². The second-order valence-electron chi connectivity index (χ2n) is 2.70. The van der Waals surface area contributed by atoms with Gasteiger partial charge in [-0.1, -0.05) is 0 Å². The second-order valence-corrected chi connectivity index (χ2v) is 5.59. The molecular weight excluding hydrogens is 212 g/mol. The van der Waals surface area contributed by atoms with Gasteiger partial charge in [-0.15, -0.1) is 0 Å². The number of aromatic nitrogens is 2. The summed E-state index contributed by atoms with van der Waals surface area (Å²) < 4.78 is 23.0. The molecule has 1 heterocycles. The molecule has 0 aliphatic rings. The summed E-state index contributed by atoms with van der Waals surface area (Å²) in [6.45, 7) is 2.75. The van der Waals surface area contributed by atoms with Gasteiger partial charge in [-0.25, -0.2) is 8.42 Å². The molecule has 0 atom stereocenters. The number of hydrogen-bond donors (Lipinski definition) is 0. The fraction of sp³-hybridized carbons (Fsp3) is 0.571. The molecule has 1 rings (SSSR count). The molecule has 0 amide bonds. The standard InChI is InChI=1S/C7H11ClN2O2S/c1-2-10-6-7(5-9-10)3-4-13(8,11)12/h5-6H,2-4H2,1H3. The van der Waals surface area contributed by atoms with E-state index in [1.165, 1.54) is 0 Å². The Hall–Kier alpha value is -0.550. The molecule has 0 aliphatic heterocycles. The van der Waals surface area contributed by atoms with Crippen LogP contribution in [0.25, 0.3) is 0 Å². The molecule has 0 spiro atoms. The predicted molar refractivity (Wildman–Crippen MR) is 51.2 cm³/mol. The predicted octanol–water partition coefficient (Wildman–Crippen LogP) is 1.01. The van der Waals surface area contributed by atoms with Crippen molar-refractivity contribution in [2.45, 2.75) is 19.9 Å². The van der Waals surface area contributed by atoms with E-state index in [0.29, 0.717) is 6.42 Å². The van der Waals surface area contributed by atoms with E-state index in [9.17, 15) is 8.42 Å². The third-order valence-corrected chi connectivity index (χ3v) is 2.80. The Labute approximate surface area is 81.9 Å². The lowest BCUT2D eigenvalue weighted by atomic mass is 10.3. The van der Waals surface area contributed by atoms with Gasteiger partial charge in [0.15, 0.2) is 0 Å². The number of nitrogens with zero attached hydrogens (tertiary/aromatic N) is 2. The molecule has 0 saturated carbocycles. The van der Waals surface area contributed by atoms with Crippen molar-refractivity contribution in [2.24, 2.45) is 0 Å². The highest BCUT2D eigenvalue weighted by atomic mass is 35.7. The van der Waals surface area contributed by atoms with E-state index >= 15 is 0 Å². The average Bonchev–Trinajstić information content (AvgIpc) is 2.47. The van der Waals surface area contributed by atoms with Crippen molar-refractivity contribution in [2.75, 3.05) is 5.75 Å². The SMILES string of the molecule is CCn1cc(CCS(=O)(=O)Cl)cn1. The lowest BCUT2D eigenvalue weighted by molar-refractivity contribution is 0.609. The van der Waals surface area contributed by atoms with Crippen LogP contribution in [-0.2, 0) is 22.0 Å². The van der Waals surface area contributed by atoms with Crippen LogP contribution in [0.1, 0.15) is 12.5 Å². The van der Waals surface area contributed by atoms with E-state index in [2.05, 4.69) is 5.10 Å². The molecule has 74 valence electrons. The minimum absolute atomic E-state index is 0.0377. The molecule has 4 nitrogen and oxygen atoms in total. The molecule has 1 aromatic heterocycles. The Kier molecular flexibility index (Phi) is 3.33. The number of rotatable bonds is 4. The van der Waals surface area contributed by atoms with Crippen LogP contribution in [0.3, 0.4) is 0 Å². The van der Waals surface area contributed by atoms with Gasteiger partial charge in [-0.3, -0.25) is 4.68 Å². The highest BCUT2D eigenvalue weighted by Gasteiger charge is 2.06. The lowest BCUT2D eigenvalue weighted by Crippen LogP contribution is -2.00. The van der Waals surface area contributed by atoms with Crippen molar-refractivity contribution in [3.8, 4) is 0 Å². The normalized spacial score (nSPS) is 11.8. The molecule has 0 saturated heterocycles. The number of hydrogen-bond acceptors (Lipinski definition) is 3. The summed E-state index contributed by atoms with van der Waals surface area (Å²) in [6, 6.07) is 0. The Morgan fingerprint density at radius 3 is 2.77 bits per heavy atom. The molecule has 1 aromatic rings. The highest BCUT2D eigenvalue weighted by molar-refractivity contribution is 8.13. The first-order valence-corrected chi connectivity index (χ1v) is 6.43. The van der Waals surface area contributed by atoms with Crippen LogP contribution in [0.2, 0.25) is 0 Å². The monoisotopic (exact) mass is 222 g/mol. The van der Waals surface area contributed by atoms with Crippen LogP contribution in [-0.4, -0.2) is 24.0 Å². The highest BCUT2D eigenvalue weighted by Crippen LogP contribution is 2.04. The van der Waals surface area contributed by atoms with Crippen LogP contribution in [0.4, 0.5) is 0 Å². The van der Waals surface area contributed by atoms with Crippen LogP contribution in [0.5, 0.6) is 0 Å². The summed E-state index contributed by atoms with van der Waals surface area (Å²) in [6.07, 6.45) is 3.90. The fourth-order valence-corrected chi connectivity index (χ4v) is 1.66. The van der Waals surface area contributed by atoms with Gasteiger partial charge in [0.1, 0.15) is 0 Å². The van der Waals surface area contributed by atoms with Crippen LogP contribution >= 0.6 is 10.7 Å². The average molecular weight is 223 g/mol. The zero-order valence-corrected chi connectivity index (χ0v) is 8.85. The van der Waals surface area contributed by atoms with Gasteiger partial charge >= 0.3 is 0 Å². The molecule has 0 radical (unpaired) electrons. The minimum atomic E-state index is -3.38. The van der Waals surface area contributed by atoms with E-state index in [4.69, 9.17) is 10.7 Å². The number of aryl methyl sites for hydroxylation is 2. The summed E-state index contributed by atoms with van der Waals surface area (Å²) in [5.41, 5.74) is 0.895. The third kappa shape index (κ3) is 3.78. The van der Waals surface area contributed by atoms with Crippen molar-refractivity contribution in [1.82, 2.24) is 9.78 Å². The van der Waals surface area contributed by atoms with E-state index in [1.54, 1.807) is 10.9 Å². The Bertz CT molecular complexity index is 372. The molecule has 0 aromatic carbocycles. The molecule has 0 aliphatic carbocycles. The lowest BCUT2D eigenvalue weighted by Gasteiger charge is -1.93. The maximum Gasteiger partial charge on any atom is 0.232 e. The van der Waals surface area contributed by atoms with Gasteiger partial charge in [-0.2, -0.15) is 5.10 Å². The van der Waals surface area contributed by atoms with Crippen LogP contribution < -0.4 is 0 Å². The second kappa shape index (κ2) is 4.11. The fourth-order valence-electron chi connectivity index (χ4n) is 0.948. The minimum Gasteiger partial charge on any atom is -0.273 e. The summed E-state index contributed by atoms with van der Waals surface area (Å²) in [4.78, 5) is 0. The molecular formula is C7H11ClN2O2S. The molecule has 6 heteroatoms. The first-order chi connectivity index (χ1) is 6.01. The first kappa shape index (κ1) is 10.5. The quantitative estimate of drug-likeness (QED) is 0.715. The van der Waals surface area contributed by atoms with Crippen LogP contribution in [0, 0.1) is 0 Å². The van der Waals surface area contributed by atoms with E-state index in [1.807, 2.05) is 13.1 Å². The molecule has 0 N–H and O–H groups in total. The summed E-state index contributed by atoms with van der Waals surface area (Å²) in [5, 5.41) is 4.01. The summed E-state index contributed by atoms with van der Waals surface area (Å²) in [7, 11) is 1.68. The van der Waals surface area contributed by atoms with Crippen molar-refractivity contribution in [1.29, 1.82) is 0 Å². The van der Waals surface area contributed by atoms with Crippen molar-refractivity contribution >= 4 is 19.7 Å². The van der Waals surface area contributed by atoms with Gasteiger partial charge in [0, 0.05) is 23.4 Å². The van der Waals surface area contributed by atoms with Gasteiger partial charge in [0.2, 0.25) is 9.05 Å². The van der Waals surface area contributed by atoms with E-state index in [-0.39, 0.29) is 5.75 Å². The maximum atomic E-state index is 10.6. The Morgan fingerprint density at radius 2 is 2.31 bits per heavy atom. The first-order valence-electron chi connectivity index (χ1n) is 3.95. The molecule has 0 bridgehead atoms. The zero-order chi connectivity index (χ0) is 9.90. The Morgan fingerprint density at radius 1 is 1.62 bits per heavy atom. The zero-order valence-electron chi connectivity index (χ0n) is 7.27. The summed E-state index contributed by atoms with van der Waals surface area (Å²) in [5.74, 6) is -0.0377. The topological polar surface area (TPSA) is 52.0 Å².